The van der Waals surface area contributed by atoms with E-state index < -0.39 is 0 Å². The van der Waals surface area contributed by atoms with E-state index in [0.717, 1.165) is 12.8 Å². The van der Waals surface area contributed by atoms with Crippen molar-refractivity contribution in [2.75, 3.05) is 18.6 Å². The molecule has 0 aromatic carbocycles. The van der Waals surface area contributed by atoms with Crippen molar-refractivity contribution >= 4 is 17.5 Å². The molecule has 0 spiro atoms. The fourth-order valence-corrected chi connectivity index (χ4v) is 1.79. The molecule has 1 rings (SSSR count). The Bertz CT molecular complexity index is 106. The molecule has 9 heavy (non-hydrogen) atoms. The molecule has 0 aliphatic carbocycles. The predicted molar refractivity (Wildman–Crippen MR) is 41.0 cm³/mol. The number of hydrogen-bond donors (Lipinski definition) is 0. The lowest BCUT2D eigenvalue weighted by atomic mass is 10.2. The second-order valence-corrected chi connectivity index (χ2v) is 3.18. The van der Waals surface area contributed by atoms with E-state index >= 15 is 0 Å². The molecule has 3 heteroatoms. The summed E-state index contributed by atoms with van der Waals surface area (Å²) in [7, 11) is 1.61. The summed E-state index contributed by atoms with van der Waals surface area (Å²) in [6.07, 6.45) is 2.22. The summed E-state index contributed by atoms with van der Waals surface area (Å²) in [5.74, 6) is 2.42. The van der Waals surface area contributed by atoms with Gasteiger partial charge in [0.2, 0.25) is 0 Å². The molecule has 1 aliphatic heterocycles. The standard InChI is InChI=1S/C6H11NOS/c1-8-7-6-2-4-9-5-3-6/h2-5H2,1H3. The zero-order valence-corrected chi connectivity index (χ0v) is 6.41. The van der Waals surface area contributed by atoms with Crippen LogP contribution in [-0.4, -0.2) is 24.3 Å². The molecule has 0 radical (unpaired) electrons. The number of nitrogens with zero attached hydrogens (tertiary/aromatic N) is 1. The van der Waals surface area contributed by atoms with Crippen molar-refractivity contribution in [1.29, 1.82) is 0 Å². The molecule has 0 amide bonds. The van der Waals surface area contributed by atoms with E-state index in [-0.39, 0.29) is 0 Å². The zero-order valence-electron chi connectivity index (χ0n) is 5.59. The van der Waals surface area contributed by atoms with Gasteiger partial charge in [0.15, 0.2) is 0 Å². The van der Waals surface area contributed by atoms with Gasteiger partial charge in [-0.2, -0.15) is 11.8 Å². The summed E-state index contributed by atoms with van der Waals surface area (Å²) in [4.78, 5) is 4.66. The van der Waals surface area contributed by atoms with Crippen molar-refractivity contribution in [2.45, 2.75) is 12.8 Å². The Morgan fingerprint density at radius 2 is 2.11 bits per heavy atom. The quantitative estimate of drug-likeness (QED) is 0.522. The molecular formula is C6H11NOS. The lowest BCUT2D eigenvalue weighted by molar-refractivity contribution is 0.212. The Hall–Kier alpha value is -0.180. The SMILES string of the molecule is CON=C1CCSCC1. The van der Waals surface area contributed by atoms with E-state index in [0.29, 0.717) is 0 Å². The van der Waals surface area contributed by atoms with Crippen molar-refractivity contribution in [1.82, 2.24) is 0 Å². The van der Waals surface area contributed by atoms with Gasteiger partial charge in [-0.15, -0.1) is 0 Å². The zero-order chi connectivity index (χ0) is 6.53. The van der Waals surface area contributed by atoms with Gasteiger partial charge in [-0.25, -0.2) is 0 Å². The number of oxime groups is 1. The van der Waals surface area contributed by atoms with E-state index in [1.165, 1.54) is 17.2 Å². The van der Waals surface area contributed by atoms with Crippen molar-refractivity contribution in [2.24, 2.45) is 5.16 Å². The molecule has 1 fully saturated rings. The van der Waals surface area contributed by atoms with Crippen LogP contribution in [0.5, 0.6) is 0 Å². The largest absolute Gasteiger partial charge is 0.399 e. The van der Waals surface area contributed by atoms with Crippen molar-refractivity contribution in [3.63, 3.8) is 0 Å². The van der Waals surface area contributed by atoms with Gasteiger partial charge < -0.3 is 4.84 Å². The van der Waals surface area contributed by atoms with Crippen LogP contribution in [0.1, 0.15) is 12.8 Å². The Morgan fingerprint density at radius 3 is 2.67 bits per heavy atom. The second kappa shape index (κ2) is 3.77. The normalized spacial score (nSPS) is 19.4. The van der Waals surface area contributed by atoms with Crippen LogP contribution in [0.3, 0.4) is 0 Å². The average molecular weight is 145 g/mol. The van der Waals surface area contributed by atoms with Crippen LogP contribution < -0.4 is 0 Å². The number of thioether (sulfide) groups is 1. The van der Waals surface area contributed by atoms with E-state index in [9.17, 15) is 0 Å². The van der Waals surface area contributed by atoms with E-state index in [2.05, 4.69) is 9.99 Å². The van der Waals surface area contributed by atoms with Crippen LogP contribution in [0.25, 0.3) is 0 Å². The van der Waals surface area contributed by atoms with Gasteiger partial charge in [-0.1, -0.05) is 5.16 Å². The summed E-state index contributed by atoms with van der Waals surface area (Å²) >= 11 is 1.99. The first-order valence-corrected chi connectivity index (χ1v) is 4.25. The molecule has 2 nitrogen and oxygen atoms in total. The van der Waals surface area contributed by atoms with Gasteiger partial charge in [0, 0.05) is 0 Å². The highest BCUT2D eigenvalue weighted by Crippen LogP contribution is 2.14. The highest BCUT2D eigenvalue weighted by atomic mass is 32.2. The molecule has 0 N–H and O–H groups in total. The van der Waals surface area contributed by atoms with Crippen LogP contribution in [0, 0.1) is 0 Å². The summed E-state index contributed by atoms with van der Waals surface area (Å²) in [6.45, 7) is 0. The predicted octanol–water partition coefficient (Wildman–Crippen LogP) is 1.52. The Balaban J connectivity index is 2.30. The highest BCUT2D eigenvalue weighted by molar-refractivity contribution is 7.99. The third kappa shape index (κ3) is 2.26. The molecule has 0 aromatic rings. The van der Waals surface area contributed by atoms with E-state index in [4.69, 9.17) is 0 Å². The third-order valence-corrected chi connectivity index (χ3v) is 2.28. The van der Waals surface area contributed by atoms with E-state index in [1.807, 2.05) is 11.8 Å². The minimum Gasteiger partial charge on any atom is -0.399 e. The van der Waals surface area contributed by atoms with E-state index in [1.54, 1.807) is 7.11 Å². The van der Waals surface area contributed by atoms with Crippen molar-refractivity contribution < 1.29 is 4.84 Å². The topological polar surface area (TPSA) is 21.6 Å². The van der Waals surface area contributed by atoms with Gasteiger partial charge in [-0.3, -0.25) is 0 Å². The van der Waals surface area contributed by atoms with Gasteiger partial charge in [0.05, 0.1) is 5.71 Å². The monoisotopic (exact) mass is 145 g/mol. The van der Waals surface area contributed by atoms with Gasteiger partial charge >= 0.3 is 0 Å². The molecule has 0 atom stereocenters. The molecular weight excluding hydrogens is 134 g/mol. The minimum absolute atomic E-state index is 1.11. The molecule has 0 bridgehead atoms. The van der Waals surface area contributed by atoms with Crippen molar-refractivity contribution in [3.05, 3.63) is 0 Å². The lowest BCUT2D eigenvalue weighted by Gasteiger charge is -2.09. The fraction of sp³-hybridized carbons (Fsp3) is 0.833. The van der Waals surface area contributed by atoms with Crippen LogP contribution >= 0.6 is 11.8 Å². The first-order valence-electron chi connectivity index (χ1n) is 3.10. The van der Waals surface area contributed by atoms with Gasteiger partial charge in [0.25, 0.3) is 0 Å². The van der Waals surface area contributed by atoms with Crippen LogP contribution in [0.2, 0.25) is 0 Å². The van der Waals surface area contributed by atoms with Crippen LogP contribution in [0.4, 0.5) is 0 Å². The molecule has 1 saturated heterocycles. The maximum atomic E-state index is 4.66. The lowest BCUT2D eigenvalue weighted by Crippen LogP contribution is -2.08. The molecule has 52 valence electrons. The summed E-state index contributed by atoms with van der Waals surface area (Å²) in [6, 6.07) is 0. The fourth-order valence-electron chi connectivity index (χ4n) is 0.827. The number of rotatable bonds is 1. The summed E-state index contributed by atoms with van der Waals surface area (Å²) in [5.41, 5.74) is 1.22. The Morgan fingerprint density at radius 1 is 1.44 bits per heavy atom. The summed E-state index contributed by atoms with van der Waals surface area (Å²) in [5, 5.41) is 3.89. The third-order valence-electron chi connectivity index (χ3n) is 1.29. The first-order chi connectivity index (χ1) is 4.43. The van der Waals surface area contributed by atoms with Crippen LogP contribution in [-0.2, 0) is 4.84 Å². The Kier molecular flexibility index (Phi) is 2.91. The molecule has 0 aromatic heterocycles. The van der Waals surface area contributed by atoms with Crippen LogP contribution in [0.15, 0.2) is 5.16 Å². The molecule has 0 saturated carbocycles. The van der Waals surface area contributed by atoms with Gasteiger partial charge in [0.1, 0.15) is 7.11 Å². The smallest absolute Gasteiger partial charge is 0.106 e. The molecule has 0 unspecified atom stereocenters. The maximum Gasteiger partial charge on any atom is 0.106 e. The first kappa shape index (κ1) is 6.93. The molecule has 1 aliphatic rings. The average Bonchev–Trinajstić information content (AvgIpc) is 1.91. The van der Waals surface area contributed by atoms with Crippen molar-refractivity contribution in [3.8, 4) is 0 Å². The highest BCUT2D eigenvalue weighted by Gasteiger charge is 2.06. The summed E-state index contributed by atoms with van der Waals surface area (Å²) < 4.78 is 0. The maximum absolute atomic E-state index is 4.66. The Labute approximate surface area is 59.6 Å². The number of hydrogen-bond acceptors (Lipinski definition) is 3. The molecule has 1 heterocycles. The second-order valence-electron chi connectivity index (χ2n) is 1.95. The van der Waals surface area contributed by atoms with Gasteiger partial charge in [-0.05, 0) is 24.3 Å². The minimum atomic E-state index is 1.11.